The summed E-state index contributed by atoms with van der Waals surface area (Å²) in [6.07, 6.45) is 1.55. The third kappa shape index (κ3) is 4.56. The molecule has 4 nitrogen and oxygen atoms in total. The lowest BCUT2D eigenvalue weighted by Gasteiger charge is -2.11. The highest BCUT2D eigenvalue weighted by Gasteiger charge is 2.14. The summed E-state index contributed by atoms with van der Waals surface area (Å²) in [5.41, 5.74) is 3.52. The van der Waals surface area contributed by atoms with Gasteiger partial charge in [0.15, 0.2) is 11.5 Å². The molecule has 0 saturated carbocycles. The van der Waals surface area contributed by atoms with Crippen molar-refractivity contribution in [2.75, 3.05) is 7.11 Å². The zero-order valence-corrected chi connectivity index (χ0v) is 16.9. The van der Waals surface area contributed by atoms with Gasteiger partial charge in [0, 0.05) is 5.56 Å². The number of allylic oxidation sites excluding steroid dienone is 1. The minimum Gasteiger partial charge on any atom is -0.493 e. The molecule has 0 fully saturated rings. The Morgan fingerprint density at radius 3 is 2.43 bits per heavy atom. The van der Waals surface area contributed by atoms with Gasteiger partial charge in [0.25, 0.3) is 0 Å². The van der Waals surface area contributed by atoms with Crippen LogP contribution in [0, 0.1) is 31.0 Å². The smallest absolute Gasteiger partial charge is 0.343 e. The first-order chi connectivity index (χ1) is 14.4. The minimum atomic E-state index is -0.497. The molecule has 0 aliphatic heterocycles. The zero-order chi connectivity index (χ0) is 21.7. The predicted octanol–water partition coefficient (Wildman–Crippen LogP) is 5.73. The molecule has 0 amide bonds. The highest BCUT2D eigenvalue weighted by atomic mass is 19.1. The van der Waals surface area contributed by atoms with E-state index in [2.05, 4.69) is 0 Å². The number of aryl methyl sites for hydroxylation is 2. The standard InChI is InChI=1S/C25H20FNO3/c1-16-8-10-19(12-17(16)2)25(28)30-23-11-9-18(14-24(23)29-3)13-20(15-27)21-6-4-5-7-22(21)26/h4-14H,1-3H3/b20-13-. The lowest BCUT2D eigenvalue weighted by atomic mass is 10.0. The maximum absolute atomic E-state index is 14.0. The number of hydrogen-bond acceptors (Lipinski definition) is 4. The van der Waals surface area contributed by atoms with Gasteiger partial charge in [0.2, 0.25) is 0 Å². The predicted molar refractivity (Wildman–Crippen MR) is 114 cm³/mol. The van der Waals surface area contributed by atoms with Crippen LogP contribution in [-0.4, -0.2) is 13.1 Å². The molecule has 3 aromatic rings. The first-order valence-corrected chi connectivity index (χ1v) is 9.27. The van der Waals surface area contributed by atoms with E-state index in [4.69, 9.17) is 9.47 Å². The van der Waals surface area contributed by atoms with Crippen molar-refractivity contribution in [3.8, 4) is 17.6 Å². The molecule has 5 heteroatoms. The molecule has 30 heavy (non-hydrogen) atoms. The number of hydrogen-bond donors (Lipinski definition) is 0. The van der Waals surface area contributed by atoms with Crippen molar-refractivity contribution >= 4 is 17.6 Å². The van der Waals surface area contributed by atoms with Gasteiger partial charge < -0.3 is 9.47 Å². The van der Waals surface area contributed by atoms with Gasteiger partial charge in [-0.05, 0) is 66.9 Å². The zero-order valence-electron chi connectivity index (χ0n) is 16.9. The van der Waals surface area contributed by atoms with E-state index < -0.39 is 11.8 Å². The molecule has 0 unspecified atom stereocenters. The van der Waals surface area contributed by atoms with E-state index in [0.717, 1.165) is 11.1 Å². The molecular weight excluding hydrogens is 381 g/mol. The highest BCUT2D eigenvalue weighted by Crippen LogP contribution is 2.31. The first kappa shape index (κ1) is 20.8. The average Bonchev–Trinajstić information content (AvgIpc) is 2.75. The van der Waals surface area contributed by atoms with Crippen LogP contribution in [0.1, 0.15) is 32.6 Å². The summed E-state index contributed by atoms with van der Waals surface area (Å²) in [4.78, 5) is 12.5. The average molecular weight is 401 g/mol. The molecule has 0 aliphatic rings. The third-order valence-corrected chi connectivity index (χ3v) is 4.73. The second-order valence-corrected chi connectivity index (χ2v) is 6.75. The number of esters is 1. The van der Waals surface area contributed by atoms with E-state index in [1.54, 1.807) is 54.6 Å². The number of carbonyl (C=O) groups excluding carboxylic acids is 1. The van der Waals surface area contributed by atoms with E-state index >= 15 is 0 Å². The van der Waals surface area contributed by atoms with E-state index in [1.165, 1.54) is 13.2 Å². The van der Waals surface area contributed by atoms with Crippen LogP contribution < -0.4 is 9.47 Å². The van der Waals surface area contributed by atoms with Gasteiger partial charge in [0.05, 0.1) is 24.3 Å². The molecule has 0 radical (unpaired) electrons. The summed E-state index contributed by atoms with van der Waals surface area (Å²) in [5, 5.41) is 9.45. The normalized spacial score (nSPS) is 11.0. The largest absolute Gasteiger partial charge is 0.493 e. The molecule has 0 aromatic heterocycles. The Balaban J connectivity index is 1.89. The van der Waals surface area contributed by atoms with Crippen LogP contribution in [-0.2, 0) is 0 Å². The molecule has 3 rings (SSSR count). The SMILES string of the molecule is COc1cc(/C=C(/C#N)c2ccccc2F)ccc1OC(=O)c1ccc(C)c(C)c1. The Morgan fingerprint density at radius 2 is 1.77 bits per heavy atom. The summed E-state index contributed by atoms with van der Waals surface area (Å²) >= 11 is 0. The van der Waals surface area contributed by atoms with E-state index in [0.29, 0.717) is 16.9 Å². The first-order valence-electron chi connectivity index (χ1n) is 9.27. The van der Waals surface area contributed by atoms with Crippen LogP contribution >= 0.6 is 0 Å². The van der Waals surface area contributed by atoms with Gasteiger partial charge in [-0.3, -0.25) is 0 Å². The van der Waals surface area contributed by atoms with Crippen LogP contribution in [0.3, 0.4) is 0 Å². The Labute approximate surface area is 174 Å². The Hall–Kier alpha value is -3.91. The van der Waals surface area contributed by atoms with Gasteiger partial charge in [-0.15, -0.1) is 0 Å². The fourth-order valence-electron chi connectivity index (χ4n) is 2.90. The molecule has 0 aliphatic carbocycles. The molecule has 0 atom stereocenters. The summed E-state index contributed by atoms with van der Waals surface area (Å²) in [7, 11) is 1.46. The molecule has 3 aromatic carbocycles. The Morgan fingerprint density at radius 1 is 1.00 bits per heavy atom. The summed E-state index contributed by atoms with van der Waals surface area (Å²) in [6.45, 7) is 3.90. The number of methoxy groups -OCH3 is 1. The second kappa shape index (κ2) is 9.06. The fourth-order valence-corrected chi connectivity index (χ4v) is 2.90. The maximum atomic E-state index is 14.0. The molecule has 150 valence electrons. The summed E-state index contributed by atoms with van der Waals surface area (Å²) in [5.74, 6) is -0.394. The highest BCUT2D eigenvalue weighted by molar-refractivity contribution is 5.92. The minimum absolute atomic E-state index is 0.176. The lowest BCUT2D eigenvalue weighted by Crippen LogP contribution is -2.09. The number of benzene rings is 3. The maximum Gasteiger partial charge on any atom is 0.343 e. The van der Waals surface area contributed by atoms with Crippen molar-refractivity contribution in [1.29, 1.82) is 5.26 Å². The number of halogens is 1. The monoisotopic (exact) mass is 401 g/mol. The third-order valence-electron chi connectivity index (χ3n) is 4.73. The Kier molecular flexibility index (Phi) is 6.29. The molecule has 0 saturated heterocycles. The van der Waals surface area contributed by atoms with Gasteiger partial charge in [-0.25, -0.2) is 9.18 Å². The molecular formula is C25H20FNO3. The topological polar surface area (TPSA) is 59.3 Å². The van der Waals surface area contributed by atoms with Crippen LogP contribution in [0.15, 0.2) is 60.7 Å². The van der Waals surface area contributed by atoms with Crippen molar-refractivity contribution in [1.82, 2.24) is 0 Å². The summed E-state index contributed by atoms with van der Waals surface area (Å²) in [6, 6.07) is 18.3. The van der Waals surface area contributed by atoms with Gasteiger partial charge in [-0.2, -0.15) is 5.26 Å². The van der Waals surface area contributed by atoms with Gasteiger partial charge in [0.1, 0.15) is 5.82 Å². The molecule has 0 spiro atoms. The van der Waals surface area contributed by atoms with Crippen LogP contribution in [0.4, 0.5) is 4.39 Å². The Bertz CT molecular complexity index is 1180. The van der Waals surface area contributed by atoms with Gasteiger partial charge >= 0.3 is 5.97 Å². The van der Waals surface area contributed by atoms with E-state index in [-0.39, 0.29) is 16.9 Å². The van der Waals surface area contributed by atoms with Crippen molar-refractivity contribution < 1.29 is 18.7 Å². The van der Waals surface area contributed by atoms with E-state index in [9.17, 15) is 14.4 Å². The van der Waals surface area contributed by atoms with Crippen molar-refractivity contribution in [3.05, 3.63) is 94.3 Å². The van der Waals surface area contributed by atoms with Crippen molar-refractivity contribution in [3.63, 3.8) is 0 Å². The van der Waals surface area contributed by atoms with Crippen LogP contribution in [0.25, 0.3) is 11.6 Å². The number of rotatable bonds is 5. The molecule has 0 heterocycles. The van der Waals surface area contributed by atoms with Crippen LogP contribution in [0.5, 0.6) is 11.5 Å². The van der Waals surface area contributed by atoms with Gasteiger partial charge in [-0.1, -0.05) is 30.3 Å². The van der Waals surface area contributed by atoms with Crippen molar-refractivity contribution in [2.24, 2.45) is 0 Å². The number of ether oxygens (including phenoxy) is 2. The molecule has 0 bridgehead atoms. The number of carbonyl (C=O) groups is 1. The quantitative estimate of drug-likeness (QED) is 0.237. The number of nitriles is 1. The van der Waals surface area contributed by atoms with E-state index in [1.807, 2.05) is 26.0 Å². The second-order valence-electron chi connectivity index (χ2n) is 6.75. The van der Waals surface area contributed by atoms with Crippen molar-refractivity contribution in [2.45, 2.75) is 13.8 Å². The number of nitrogens with zero attached hydrogens (tertiary/aromatic N) is 1. The fraction of sp³-hybridized carbons (Fsp3) is 0.120. The molecule has 0 N–H and O–H groups in total. The summed E-state index contributed by atoms with van der Waals surface area (Å²) < 4.78 is 24.9. The van der Waals surface area contributed by atoms with Crippen LogP contribution in [0.2, 0.25) is 0 Å². The lowest BCUT2D eigenvalue weighted by molar-refractivity contribution is 0.0729.